The van der Waals surface area contributed by atoms with Gasteiger partial charge in [-0.15, -0.1) is 0 Å². The summed E-state index contributed by atoms with van der Waals surface area (Å²) in [7, 11) is 0. The van der Waals surface area contributed by atoms with Crippen molar-refractivity contribution < 1.29 is 27.9 Å². The van der Waals surface area contributed by atoms with Crippen LogP contribution in [-0.2, 0) is 0 Å². The monoisotopic (exact) mass is 405 g/mol. The Morgan fingerprint density at radius 1 is 1.48 bits per heavy atom. The molecule has 0 aliphatic carbocycles. The number of aliphatic hydroxyl groups excluding tert-OH is 1. The summed E-state index contributed by atoms with van der Waals surface area (Å²) in [6.45, 7) is 4.09. The Kier molecular flexibility index (Phi) is 4.93. The summed E-state index contributed by atoms with van der Waals surface area (Å²) in [5.41, 5.74) is -5.13. The first-order valence-electron chi connectivity index (χ1n) is 8.10. The zero-order valence-electron chi connectivity index (χ0n) is 14.5. The van der Waals surface area contributed by atoms with Gasteiger partial charge in [0.15, 0.2) is 5.82 Å². The van der Waals surface area contributed by atoms with Crippen LogP contribution in [0.15, 0.2) is 35.1 Å². The topological polar surface area (TPSA) is 87.9 Å². The molecule has 3 rings (SSSR count). The Balaban J connectivity index is 2.07. The fraction of sp³-hybridized carbons (Fsp3) is 0.500. The van der Waals surface area contributed by atoms with Gasteiger partial charge in [0.05, 0.1) is 11.0 Å². The zero-order chi connectivity index (χ0) is 20.0. The van der Waals surface area contributed by atoms with Gasteiger partial charge in [0.25, 0.3) is 6.20 Å². The van der Waals surface area contributed by atoms with E-state index in [0.717, 1.165) is 6.20 Å². The number of nitro groups is 1. The summed E-state index contributed by atoms with van der Waals surface area (Å²) in [5, 5.41) is 24.6. The number of alkyl halides is 3. The van der Waals surface area contributed by atoms with Crippen LogP contribution >= 0.6 is 11.8 Å². The van der Waals surface area contributed by atoms with Gasteiger partial charge in [-0.05, 0) is 43.8 Å². The number of fused-ring (bicyclic) bond motifs is 1. The van der Waals surface area contributed by atoms with E-state index in [-0.39, 0.29) is 22.5 Å². The van der Waals surface area contributed by atoms with Crippen LogP contribution in [0.4, 0.5) is 13.2 Å². The Morgan fingerprint density at radius 2 is 2.19 bits per heavy atom. The van der Waals surface area contributed by atoms with Crippen molar-refractivity contribution in [1.29, 1.82) is 0 Å². The maximum Gasteiger partial charge on any atom is 0.446 e. The first-order valence-corrected chi connectivity index (χ1v) is 8.92. The van der Waals surface area contributed by atoms with E-state index in [4.69, 9.17) is 4.74 Å². The predicted octanol–water partition coefficient (Wildman–Crippen LogP) is 2.85. The molecule has 0 saturated carbocycles. The summed E-state index contributed by atoms with van der Waals surface area (Å²) >= 11 is -0.263. The van der Waals surface area contributed by atoms with Gasteiger partial charge in [-0.2, -0.15) is 13.2 Å². The van der Waals surface area contributed by atoms with Gasteiger partial charge in [-0.25, -0.2) is 0 Å². The molecular formula is C16H18F3N3O4S. The molecule has 2 heterocycles. The number of nitrogens with zero attached hydrogens (tertiary/aromatic N) is 2. The molecule has 148 valence electrons. The largest absolute Gasteiger partial charge is 0.485 e. The van der Waals surface area contributed by atoms with Gasteiger partial charge < -0.3 is 20.1 Å². The number of halogens is 3. The molecule has 2 aliphatic rings. The molecule has 0 bridgehead atoms. The van der Waals surface area contributed by atoms with E-state index < -0.39 is 28.2 Å². The average molecular weight is 405 g/mol. The summed E-state index contributed by atoms with van der Waals surface area (Å²) in [5.74, 6) is 0.538. The van der Waals surface area contributed by atoms with Crippen LogP contribution in [-0.4, -0.2) is 45.2 Å². The maximum atomic E-state index is 12.8. The molecule has 0 spiro atoms. The van der Waals surface area contributed by atoms with E-state index in [1.807, 2.05) is 0 Å². The first kappa shape index (κ1) is 19.6. The first-order chi connectivity index (χ1) is 12.5. The van der Waals surface area contributed by atoms with Gasteiger partial charge in [0, 0.05) is 23.5 Å². The van der Waals surface area contributed by atoms with E-state index in [9.17, 15) is 28.4 Å². The quantitative estimate of drug-likeness (QED) is 0.454. The van der Waals surface area contributed by atoms with E-state index >= 15 is 0 Å². The molecule has 2 unspecified atom stereocenters. The second kappa shape index (κ2) is 6.79. The molecule has 27 heavy (non-hydrogen) atoms. The fourth-order valence-electron chi connectivity index (χ4n) is 3.32. The highest BCUT2D eigenvalue weighted by Crippen LogP contribution is 2.47. The number of hydrogen-bond donors (Lipinski definition) is 2. The Labute approximate surface area is 157 Å². The second-order valence-corrected chi connectivity index (χ2v) is 7.90. The SMILES string of the molecule is CC1(C)Oc2ccc(SC(F)(F)F)cc2C(N2CCN/C2=C\[N+](=O)[O-])C1O. The molecule has 0 aromatic heterocycles. The van der Waals surface area contributed by atoms with Crippen molar-refractivity contribution >= 4 is 11.8 Å². The minimum absolute atomic E-state index is 0.0475. The average Bonchev–Trinajstić information content (AvgIpc) is 2.94. The number of rotatable bonds is 3. The highest BCUT2D eigenvalue weighted by atomic mass is 32.2. The highest BCUT2D eigenvalue weighted by molar-refractivity contribution is 8.00. The predicted molar refractivity (Wildman–Crippen MR) is 91.6 cm³/mol. The fourth-order valence-corrected chi connectivity index (χ4v) is 3.90. The third-order valence-electron chi connectivity index (χ3n) is 4.45. The van der Waals surface area contributed by atoms with E-state index in [0.29, 0.717) is 24.4 Å². The lowest BCUT2D eigenvalue weighted by atomic mass is 9.85. The lowest BCUT2D eigenvalue weighted by Gasteiger charge is -2.45. The molecule has 2 atom stereocenters. The van der Waals surface area contributed by atoms with Crippen LogP contribution < -0.4 is 10.1 Å². The summed E-state index contributed by atoms with van der Waals surface area (Å²) in [6, 6.07) is 3.26. The normalized spacial score (nSPS) is 25.7. The van der Waals surface area contributed by atoms with Crippen molar-refractivity contribution in [3.05, 3.63) is 45.9 Å². The molecule has 1 aromatic rings. The number of aliphatic hydroxyl groups is 1. The minimum atomic E-state index is -4.46. The van der Waals surface area contributed by atoms with E-state index in [2.05, 4.69) is 5.32 Å². The molecule has 11 heteroatoms. The van der Waals surface area contributed by atoms with E-state index in [1.165, 1.54) is 18.2 Å². The summed E-state index contributed by atoms with van der Waals surface area (Å²) in [4.78, 5) is 11.8. The third kappa shape index (κ3) is 4.08. The number of hydrogen-bond acceptors (Lipinski definition) is 7. The summed E-state index contributed by atoms with van der Waals surface area (Å²) in [6.07, 6.45) is -0.331. The second-order valence-electron chi connectivity index (χ2n) is 6.76. The van der Waals surface area contributed by atoms with Gasteiger partial charge >= 0.3 is 5.51 Å². The van der Waals surface area contributed by atoms with Crippen molar-refractivity contribution in [3.63, 3.8) is 0 Å². The van der Waals surface area contributed by atoms with Crippen LogP contribution in [0, 0.1) is 10.1 Å². The number of nitrogens with one attached hydrogen (secondary N) is 1. The van der Waals surface area contributed by atoms with Crippen LogP contribution in [0.3, 0.4) is 0 Å². The molecule has 2 N–H and O–H groups in total. The standard InChI is InChI=1S/C16H18F3N3O4S/c1-15(2)14(23)13(21-6-5-20-12(21)8-22(24)25)10-7-9(27-16(17,18)19)3-4-11(10)26-15/h3-4,7-8,13-14,20,23H,5-6H2,1-2H3/b12-8+. The Bertz CT molecular complexity index is 785. The maximum absolute atomic E-state index is 12.8. The van der Waals surface area contributed by atoms with Crippen molar-refractivity contribution in [2.45, 2.75) is 42.0 Å². The van der Waals surface area contributed by atoms with Crippen LogP contribution in [0.25, 0.3) is 0 Å². The van der Waals surface area contributed by atoms with Crippen molar-refractivity contribution in [3.8, 4) is 5.75 Å². The zero-order valence-corrected chi connectivity index (χ0v) is 15.3. The lowest BCUT2D eigenvalue weighted by molar-refractivity contribution is -0.404. The smallest absolute Gasteiger partial charge is 0.446 e. The molecule has 1 saturated heterocycles. The van der Waals surface area contributed by atoms with Gasteiger partial charge in [-0.1, -0.05) is 0 Å². The highest BCUT2D eigenvalue weighted by Gasteiger charge is 2.47. The minimum Gasteiger partial charge on any atom is -0.485 e. The van der Waals surface area contributed by atoms with Gasteiger partial charge in [0.1, 0.15) is 17.5 Å². The molecule has 7 nitrogen and oxygen atoms in total. The molecule has 1 aromatic carbocycles. The summed E-state index contributed by atoms with van der Waals surface area (Å²) < 4.78 is 44.0. The van der Waals surface area contributed by atoms with Crippen molar-refractivity contribution in [1.82, 2.24) is 10.2 Å². The third-order valence-corrected chi connectivity index (χ3v) is 5.17. The molecule has 2 aliphatic heterocycles. The van der Waals surface area contributed by atoms with Crippen LogP contribution in [0.5, 0.6) is 5.75 Å². The molecular weight excluding hydrogens is 387 g/mol. The number of ether oxygens (including phenoxy) is 1. The molecule has 1 fully saturated rings. The Morgan fingerprint density at radius 3 is 2.81 bits per heavy atom. The van der Waals surface area contributed by atoms with Crippen LogP contribution in [0.2, 0.25) is 0 Å². The molecule has 0 amide bonds. The van der Waals surface area contributed by atoms with Crippen molar-refractivity contribution in [2.75, 3.05) is 13.1 Å². The van der Waals surface area contributed by atoms with Crippen molar-refractivity contribution in [2.24, 2.45) is 0 Å². The lowest BCUT2D eigenvalue weighted by Crippen LogP contribution is -2.53. The molecule has 0 radical (unpaired) electrons. The Hall–Kier alpha value is -2.14. The number of thioether (sulfide) groups is 1. The van der Waals surface area contributed by atoms with Gasteiger partial charge in [-0.3, -0.25) is 10.1 Å². The van der Waals surface area contributed by atoms with Gasteiger partial charge in [0.2, 0.25) is 0 Å². The van der Waals surface area contributed by atoms with E-state index in [1.54, 1.807) is 18.7 Å². The number of benzene rings is 1. The van der Waals surface area contributed by atoms with Crippen LogP contribution in [0.1, 0.15) is 25.5 Å².